The lowest BCUT2D eigenvalue weighted by molar-refractivity contribution is -0.117. The van der Waals surface area contributed by atoms with Crippen molar-refractivity contribution in [3.05, 3.63) is 40.1 Å². The number of nitrogens with one attached hydrogen (secondary N) is 1. The van der Waals surface area contributed by atoms with Gasteiger partial charge < -0.3 is 5.32 Å². The SMILES string of the molecule is Cc1nn(-c2ccc(NC(=O)C[C@H]3C[C@H]4CC[C@H]3C4)cc2)c(C)c1Br. The minimum Gasteiger partial charge on any atom is -0.326 e. The number of carbonyl (C=O) groups is 1. The molecule has 132 valence electrons. The monoisotopic (exact) mass is 401 g/mol. The summed E-state index contributed by atoms with van der Waals surface area (Å²) in [6.07, 6.45) is 5.99. The number of amides is 1. The van der Waals surface area contributed by atoms with Gasteiger partial charge in [-0.1, -0.05) is 6.42 Å². The first-order chi connectivity index (χ1) is 12.0. The van der Waals surface area contributed by atoms with Gasteiger partial charge in [-0.2, -0.15) is 5.10 Å². The summed E-state index contributed by atoms with van der Waals surface area (Å²) in [6.45, 7) is 4.02. The molecule has 0 saturated heterocycles. The van der Waals surface area contributed by atoms with E-state index < -0.39 is 0 Å². The van der Waals surface area contributed by atoms with Gasteiger partial charge in [0.1, 0.15) is 0 Å². The molecule has 1 heterocycles. The van der Waals surface area contributed by atoms with Crippen LogP contribution in [0, 0.1) is 31.6 Å². The summed E-state index contributed by atoms with van der Waals surface area (Å²) in [4.78, 5) is 12.4. The number of aromatic nitrogens is 2. The van der Waals surface area contributed by atoms with Gasteiger partial charge in [-0.25, -0.2) is 4.68 Å². The molecule has 2 aromatic rings. The molecule has 4 rings (SSSR count). The maximum Gasteiger partial charge on any atom is 0.224 e. The van der Waals surface area contributed by atoms with Crippen LogP contribution in [0.25, 0.3) is 5.69 Å². The Balaban J connectivity index is 1.40. The standard InChI is InChI=1S/C20H24BrN3O/c1-12-20(21)13(2)24(23-12)18-7-5-17(6-8-18)22-19(25)11-16-10-14-3-4-15(16)9-14/h5-8,14-16H,3-4,9-11H2,1-2H3,(H,22,25)/t14-,15-,16+/m0/s1. The van der Waals surface area contributed by atoms with Crippen LogP contribution in [0.5, 0.6) is 0 Å². The molecule has 0 radical (unpaired) electrons. The van der Waals surface area contributed by atoms with Crippen molar-refractivity contribution in [2.75, 3.05) is 5.32 Å². The zero-order chi connectivity index (χ0) is 17.6. The van der Waals surface area contributed by atoms with E-state index in [-0.39, 0.29) is 5.91 Å². The molecule has 3 atom stereocenters. The Labute approximate surface area is 157 Å². The van der Waals surface area contributed by atoms with Gasteiger partial charge in [-0.05, 0) is 91.1 Å². The summed E-state index contributed by atoms with van der Waals surface area (Å²) in [5.74, 6) is 2.44. The molecular formula is C20H24BrN3O. The highest BCUT2D eigenvalue weighted by molar-refractivity contribution is 9.10. The van der Waals surface area contributed by atoms with Crippen LogP contribution in [0.3, 0.4) is 0 Å². The lowest BCUT2D eigenvalue weighted by Gasteiger charge is -2.20. The molecule has 0 aliphatic heterocycles. The van der Waals surface area contributed by atoms with E-state index in [1.165, 1.54) is 25.7 Å². The first-order valence-electron chi connectivity index (χ1n) is 9.13. The van der Waals surface area contributed by atoms with Crippen molar-refractivity contribution >= 4 is 27.5 Å². The number of benzene rings is 1. The predicted octanol–water partition coefficient (Wildman–Crippen LogP) is 5.02. The summed E-state index contributed by atoms with van der Waals surface area (Å²) in [5, 5.41) is 7.60. The lowest BCUT2D eigenvalue weighted by Crippen LogP contribution is -2.20. The van der Waals surface area contributed by atoms with Gasteiger partial charge in [-0.15, -0.1) is 0 Å². The first kappa shape index (κ1) is 16.8. The second-order valence-corrected chi connectivity index (χ2v) is 8.42. The predicted molar refractivity (Wildman–Crippen MR) is 103 cm³/mol. The Morgan fingerprint density at radius 1 is 1.24 bits per heavy atom. The average Bonchev–Trinajstić information content (AvgIpc) is 3.27. The van der Waals surface area contributed by atoms with E-state index in [4.69, 9.17) is 0 Å². The molecule has 25 heavy (non-hydrogen) atoms. The Hall–Kier alpha value is -1.62. The lowest BCUT2D eigenvalue weighted by atomic mass is 9.86. The molecular weight excluding hydrogens is 378 g/mol. The average molecular weight is 402 g/mol. The van der Waals surface area contributed by atoms with Crippen molar-refractivity contribution in [2.45, 2.75) is 46.0 Å². The fourth-order valence-corrected chi connectivity index (χ4v) is 4.88. The van der Waals surface area contributed by atoms with Crippen LogP contribution in [-0.2, 0) is 4.79 Å². The number of aryl methyl sites for hydroxylation is 1. The van der Waals surface area contributed by atoms with Gasteiger partial charge in [0.2, 0.25) is 5.91 Å². The van der Waals surface area contributed by atoms with E-state index in [1.807, 2.05) is 42.8 Å². The molecule has 1 N–H and O–H groups in total. The van der Waals surface area contributed by atoms with Crippen molar-refractivity contribution in [1.82, 2.24) is 9.78 Å². The summed E-state index contributed by atoms with van der Waals surface area (Å²) >= 11 is 3.56. The number of carbonyl (C=O) groups excluding carboxylic acids is 1. The zero-order valence-electron chi connectivity index (χ0n) is 14.8. The van der Waals surface area contributed by atoms with Crippen molar-refractivity contribution in [3.63, 3.8) is 0 Å². The molecule has 2 fully saturated rings. The highest BCUT2D eigenvalue weighted by Gasteiger charge is 2.40. The zero-order valence-corrected chi connectivity index (χ0v) is 16.3. The first-order valence-corrected chi connectivity index (χ1v) is 9.92. The number of anilines is 1. The Morgan fingerprint density at radius 3 is 2.56 bits per heavy atom. The number of hydrogen-bond donors (Lipinski definition) is 1. The molecule has 4 nitrogen and oxygen atoms in total. The van der Waals surface area contributed by atoms with Gasteiger partial charge in [0.15, 0.2) is 0 Å². The molecule has 2 saturated carbocycles. The third-order valence-electron chi connectivity index (χ3n) is 5.93. The molecule has 2 bridgehead atoms. The molecule has 1 aromatic heterocycles. The summed E-state index contributed by atoms with van der Waals surface area (Å²) in [6, 6.07) is 7.91. The summed E-state index contributed by atoms with van der Waals surface area (Å²) in [7, 11) is 0. The molecule has 5 heteroatoms. The maximum absolute atomic E-state index is 12.4. The third kappa shape index (κ3) is 3.26. The van der Waals surface area contributed by atoms with Crippen LogP contribution in [0.4, 0.5) is 5.69 Å². The second kappa shape index (κ2) is 6.60. The third-order valence-corrected chi connectivity index (χ3v) is 7.08. The fraction of sp³-hybridized carbons (Fsp3) is 0.500. The quantitative estimate of drug-likeness (QED) is 0.781. The van der Waals surface area contributed by atoms with Crippen molar-refractivity contribution in [3.8, 4) is 5.69 Å². The van der Waals surface area contributed by atoms with E-state index >= 15 is 0 Å². The molecule has 0 spiro atoms. The molecule has 2 aliphatic rings. The molecule has 0 unspecified atom stereocenters. The topological polar surface area (TPSA) is 46.9 Å². The van der Waals surface area contributed by atoms with Crippen molar-refractivity contribution in [2.24, 2.45) is 17.8 Å². The van der Waals surface area contributed by atoms with Gasteiger partial charge in [0, 0.05) is 12.1 Å². The van der Waals surface area contributed by atoms with E-state index in [1.54, 1.807) is 0 Å². The minimum atomic E-state index is 0.152. The largest absolute Gasteiger partial charge is 0.326 e. The minimum absolute atomic E-state index is 0.152. The van der Waals surface area contributed by atoms with Crippen LogP contribution in [0.15, 0.2) is 28.7 Å². The Morgan fingerprint density at radius 2 is 2.00 bits per heavy atom. The number of halogens is 1. The van der Waals surface area contributed by atoms with Gasteiger partial charge in [0.05, 0.1) is 21.5 Å². The summed E-state index contributed by atoms with van der Waals surface area (Å²) in [5.41, 5.74) is 3.90. The maximum atomic E-state index is 12.4. The van der Waals surface area contributed by atoms with Crippen LogP contribution in [0.2, 0.25) is 0 Å². The number of rotatable bonds is 4. The van der Waals surface area contributed by atoms with Crippen LogP contribution < -0.4 is 5.32 Å². The van der Waals surface area contributed by atoms with Crippen molar-refractivity contribution < 1.29 is 4.79 Å². The Bertz CT molecular complexity index is 796. The highest BCUT2D eigenvalue weighted by atomic mass is 79.9. The van der Waals surface area contributed by atoms with E-state index in [0.29, 0.717) is 12.3 Å². The Kier molecular flexibility index (Phi) is 4.44. The van der Waals surface area contributed by atoms with Crippen LogP contribution in [0.1, 0.15) is 43.5 Å². The van der Waals surface area contributed by atoms with Crippen molar-refractivity contribution in [1.29, 1.82) is 0 Å². The van der Waals surface area contributed by atoms with E-state index in [0.717, 1.165) is 39.1 Å². The number of fused-ring (bicyclic) bond motifs is 2. The highest BCUT2D eigenvalue weighted by Crippen LogP contribution is 2.49. The van der Waals surface area contributed by atoms with E-state index in [9.17, 15) is 4.79 Å². The smallest absolute Gasteiger partial charge is 0.224 e. The number of nitrogens with zero attached hydrogens (tertiary/aromatic N) is 2. The second-order valence-electron chi connectivity index (χ2n) is 7.63. The van der Waals surface area contributed by atoms with E-state index in [2.05, 4.69) is 26.3 Å². The van der Waals surface area contributed by atoms with Gasteiger partial charge in [-0.3, -0.25) is 4.79 Å². The number of hydrogen-bond acceptors (Lipinski definition) is 2. The van der Waals surface area contributed by atoms with Gasteiger partial charge in [0.25, 0.3) is 0 Å². The molecule has 1 amide bonds. The molecule has 1 aromatic carbocycles. The van der Waals surface area contributed by atoms with Crippen LogP contribution in [-0.4, -0.2) is 15.7 Å². The fourth-order valence-electron chi connectivity index (χ4n) is 4.64. The van der Waals surface area contributed by atoms with Crippen LogP contribution >= 0.6 is 15.9 Å². The summed E-state index contributed by atoms with van der Waals surface area (Å²) < 4.78 is 2.95. The molecule has 2 aliphatic carbocycles. The normalized spacial score (nSPS) is 24.7. The van der Waals surface area contributed by atoms with Gasteiger partial charge >= 0.3 is 0 Å².